The van der Waals surface area contributed by atoms with E-state index in [4.69, 9.17) is 23.7 Å². The number of esters is 1. The van der Waals surface area contributed by atoms with Crippen LogP contribution in [0.15, 0.2) is 40.9 Å². The van der Waals surface area contributed by atoms with Crippen molar-refractivity contribution in [2.45, 2.75) is 108 Å². The van der Waals surface area contributed by atoms with Gasteiger partial charge in [0.05, 0.1) is 35.8 Å². The zero-order valence-electron chi connectivity index (χ0n) is 22.8. The van der Waals surface area contributed by atoms with Crippen molar-refractivity contribution < 1.29 is 38.4 Å². The van der Waals surface area contributed by atoms with Crippen LogP contribution in [-0.2, 0) is 39.7 Å². The molecule has 4 rings (SSSR count). The summed E-state index contributed by atoms with van der Waals surface area (Å²) in [4.78, 5) is 25.2. The van der Waals surface area contributed by atoms with Crippen molar-refractivity contribution in [3.8, 4) is 0 Å². The van der Waals surface area contributed by atoms with E-state index in [-0.39, 0.29) is 18.2 Å². The second-order valence-corrected chi connectivity index (χ2v) is 12.1. The highest BCUT2D eigenvalue weighted by molar-refractivity contribution is 9.12. The van der Waals surface area contributed by atoms with E-state index >= 15 is 0 Å². The number of hydrogen-bond acceptors (Lipinski definition) is 8. The van der Waals surface area contributed by atoms with E-state index in [1.165, 1.54) is 12.7 Å². The summed E-state index contributed by atoms with van der Waals surface area (Å²) in [7, 11) is 1.35. The fourth-order valence-electron chi connectivity index (χ4n) is 6.01. The van der Waals surface area contributed by atoms with Gasteiger partial charge in [0.15, 0.2) is 17.4 Å². The maximum atomic E-state index is 13.6. The first kappa shape index (κ1) is 29.4. The summed E-state index contributed by atoms with van der Waals surface area (Å²) in [5.41, 5.74) is 0.0615. The summed E-state index contributed by atoms with van der Waals surface area (Å²) in [6.07, 6.45) is 2.29. The lowest BCUT2D eigenvalue weighted by Gasteiger charge is -2.38. The van der Waals surface area contributed by atoms with E-state index in [1.54, 1.807) is 19.9 Å². The van der Waals surface area contributed by atoms with Gasteiger partial charge in [-0.1, -0.05) is 30.3 Å². The van der Waals surface area contributed by atoms with Gasteiger partial charge in [-0.2, -0.15) is 0 Å². The third-order valence-corrected chi connectivity index (χ3v) is 8.10. The van der Waals surface area contributed by atoms with E-state index in [0.717, 1.165) is 12.8 Å². The molecule has 1 spiro atoms. The number of rotatable bonds is 10. The predicted octanol–water partition coefficient (Wildman–Crippen LogP) is 4.60. The molecule has 1 aliphatic carbocycles. The summed E-state index contributed by atoms with van der Waals surface area (Å²) in [6.45, 7) is 7.21. The molecular formula is C29H39BrO8. The molecule has 0 aromatic heterocycles. The number of ketones is 1. The van der Waals surface area contributed by atoms with E-state index in [2.05, 4.69) is 28.1 Å². The standard InChI is InChI=1S/C29H39BrO8/c1-27(2)35-20(14-10-16-22(31)34-5)26(37-27)25(33)23-24(32)19(30)17-29(23)21(36-28(3,4)38-29)15-9-13-18-11-7-6-8-12-18/h6-8,11-12,17,20-21,23,25-26,33H,9-10,13-16H2,1-5H3/t20-,21+,23?,25?,26-,29+/m0/s1. The highest BCUT2D eigenvalue weighted by atomic mass is 79.9. The van der Waals surface area contributed by atoms with Gasteiger partial charge in [-0.05, 0) is 87.4 Å². The van der Waals surface area contributed by atoms with Gasteiger partial charge in [-0.25, -0.2) is 0 Å². The van der Waals surface area contributed by atoms with Crippen molar-refractivity contribution in [1.82, 2.24) is 0 Å². The van der Waals surface area contributed by atoms with Crippen LogP contribution in [0.4, 0.5) is 0 Å². The SMILES string of the molecule is COC(=O)CCC[C@@H]1OC(C)(C)O[C@@H]1C(O)C1C(=O)C(Br)=C[C@]12OC(C)(C)O[C@@H]2CCCc1ccccc1. The zero-order chi connectivity index (χ0) is 27.7. The first-order chi connectivity index (χ1) is 17.9. The number of ether oxygens (including phenoxy) is 5. The maximum absolute atomic E-state index is 13.6. The van der Waals surface area contributed by atoms with Gasteiger partial charge in [0.1, 0.15) is 11.7 Å². The fourth-order valence-corrected chi connectivity index (χ4v) is 6.61. The average molecular weight is 596 g/mol. The lowest BCUT2D eigenvalue weighted by atomic mass is 9.77. The third kappa shape index (κ3) is 6.24. The molecule has 0 bridgehead atoms. The molecule has 2 heterocycles. The molecule has 6 atom stereocenters. The van der Waals surface area contributed by atoms with Gasteiger partial charge in [-0.3, -0.25) is 9.59 Å². The quantitative estimate of drug-likeness (QED) is 0.392. The highest BCUT2D eigenvalue weighted by Gasteiger charge is 2.65. The van der Waals surface area contributed by atoms with Crippen LogP contribution in [0.5, 0.6) is 0 Å². The molecule has 8 nitrogen and oxygen atoms in total. The van der Waals surface area contributed by atoms with Crippen molar-refractivity contribution in [2.24, 2.45) is 5.92 Å². The molecule has 210 valence electrons. The van der Waals surface area contributed by atoms with Gasteiger partial charge in [-0.15, -0.1) is 0 Å². The van der Waals surface area contributed by atoms with Gasteiger partial charge < -0.3 is 28.8 Å². The zero-order valence-corrected chi connectivity index (χ0v) is 24.4. The molecule has 2 unspecified atom stereocenters. The summed E-state index contributed by atoms with van der Waals surface area (Å²) >= 11 is 3.42. The second kappa shape index (κ2) is 11.5. The number of hydrogen-bond donors (Lipinski definition) is 1. The first-order valence-electron chi connectivity index (χ1n) is 13.3. The molecule has 2 fully saturated rings. The van der Waals surface area contributed by atoms with Gasteiger partial charge in [0.25, 0.3) is 0 Å². The van der Waals surface area contributed by atoms with E-state index in [1.807, 2.05) is 32.0 Å². The normalized spacial score (nSPS) is 32.5. The smallest absolute Gasteiger partial charge is 0.305 e. The molecular weight excluding hydrogens is 556 g/mol. The first-order valence-corrected chi connectivity index (χ1v) is 14.1. The summed E-state index contributed by atoms with van der Waals surface area (Å²) in [6, 6.07) is 10.2. The van der Waals surface area contributed by atoms with Crippen molar-refractivity contribution in [2.75, 3.05) is 7.11 Å². The molecule has 1 N–H and O–H groups in total. The van der Waals surface area contributed by atoms with Crippen LogP contribution >= 0.6 is 15.9 Å². The largest absolute Gasteiger partial charge is 0.469 e. The lowest BCUT2D eigenvalue weighted by molar-refractivity contribution is -0.184. The van der Waals surface area contributed by atoms with Crippen molar-refractivity contribution >= 4 is 27.7 Å². The highest BCUT2D eigenvalue weighted by Crippen LogP contribution is 2.52. The molecule has 1 aromatic rings. The van der Waals surface area contributed by atoms with Crippen LogP contribution in [0.3, 0.4) is 0 Å². The number of benzene rings is 1. The predicted molar refractivity (Wildman–Crippen MR) is 143 cm³/mol. The molecule has 1 aromatic carbocycles. The summed E-state index contributed by atoms with van der Waals surface area (Å²) in [5, 5.41) is 11.8. The van der Waals surface area contributed by atoms with Crippen LogP contribution in [0.1, 0.15) is 65.4 Å². The van der Waals surface area contributed by atoms with Crippen LogP contribution in [0.25, 0.3) is 0 Å². The lowest BCUT2D eigenvalue weighted by Crippen LogP contribution is -2.55. The maximum Gasteiger partial charge on any atom is 0.305 e. The number of methoxy groups -OCH3 is 1. The minimum atomic E-state index is -1.23. The second-order valence-electron chi connectivity index (χ2n) is 11.3. The number of Topliss-reactive ketones (excluding diaryl/α,β-unsaturated/α-hetero) is 1. The Kier molecular flexibility index (Phi) is 8.86. The van der Waals surface area contributed by atoms with Gasteiger partial charge in [0, 0.05) is 6.42 Å². The van der Waals surface area contributed by atoms with Crippen molar-refractivity contribution in [1.29, 1.82) is 0 Å². The molecule has 0 radical (unpaired) electrons. The Morgan fingerprint density at radius 2 is 1.76 bits per heavy atom. The third-order valence-electron chi connectivity index (χ3n) is 7.48. The van der Waals surface area contributed by atoms with E-state index in [0.29, 0.717) is 23.7 Å². The Labute approximate surface area is 233 Å². The molecule has 2 saturated heterocycles. The minimum Gasteiger partial charge on any atom is -0.469 e. The molecule has 0 amide bonds. The molecule has 38 heavy (non-hydrogen) atoms. The number of halogens is 1. The van der Waals surface area contributed by atoms with E-state index < -0.39 is 47.5 Å². The number of carbonyl (C=O) groups is 2. The van der Waals surface area contributed by atoms with Crippen LogP contribution < -0.4 is 0 Å². The molecule has 0 saturated carbocycles. The Bertz CT molecular complexity index is 1040. The van der Waals surface area contributed by atoms with Gasteiger partial charge in [0.2, 0.25) is 0 Å². The van der Waals surface area contributed by atoms with Crippen LogP contribution in [0.2, 0.25) is 0 Å². The number of carbonyl (C=O) groups excluding carboxylic acids is 2. The molecule has 3 aliphatic rings. The molecule has 9 heteroatoms. The molecule has 2 aliphatic heterocycles. The minimum absolute atomic E-state index is 0.230. The number of aryl methyl sites for hydroxylation is 1. The monoisotopic (exact) mass is 594 g/mol. The number of aliphatic hydroxyl groups excluding tert-OH is 1. The number of allylic oxidation sites excluding steroid dienone is 1. The van der Waals surface area contributed by atoms with Gasteiger partial charge >= 0.3 is 5.97 Å². The Morgan fingerprint density at radius 3 is 2.45 bits per heavy atom. The Hall–Kier alpha value is -1.62. The summed E-state index contributed by atoms with van der Waals surface area (Å²) in [5.74, 6) is -3.42. The average Bonchev–Trinajstić information content (AvgIpc) is 3.40. The van der Waals surface area contributed by atoms with Crippen LogP contribution in [0, 0.1) is 5.92 Å². The summed E-state index contributed by atoms with van der Waals surface area (Å²) < 4.78 is 30.2. The Balaban J connectivity index is 1.56. The topological polar surface area (TPSA) is 101 Å². The number of aliphatic hydroxyl groups is 1. The fraction of sp³-hybridized carbons (Fsp3) is 0.655. The van der Waals surface area contributed by atoms with Crippen molar-refractivity contribution in [3.63, 3.8) is 0 Å². The van der Waals surface area contributed by atoms with E-state index in [9.17, 15) is 14.7 Å². The van der Waals surface area contributed by atoms with Crippen LogP contribution in [-0.4, -0.2) is 65.6 Å². The Morgan fingerprint density at radius 1 is 1.05 bits per heavy atom. The van der Waals surface area contributed by atoms with Crippen molar-refractivity contribution in [3.05, 3.63) is 46.5 Å².